The zero-order valence-electron chi connectivity index (χ0n) is 20.2. The first-order chi connectivity index (χ1) is 17.5. The van der Waals surface area contributed by atoms with Gasteiger partial charge in [0.2, 0.25) is 11.8 Å². The van der Waals surface area contributed by atoms with Crippen LogP contribution in [0.15, 0.2) is 77.7 Å². The molecule has 0 bridgehead atoms. The van der Waals surface area contributed by atoms with Gasteiger partial charge in [-0.25, -0.2) is 12.8 Å². The number of anilines is 1. The smallest absolute Gasteiger partial charge is 0.264 e. The number of rotatable bonds is 10. The highest BCUT2D eigenvalue weighted by Crippen LogP contribution is 2.26. The second-order valence-corrected chi connectivity index (χ2v) is 10.8. The molecule has 7 nitrogen and oxygen atoms in total. The number of likely N-dealkylation sites (N-methyl/N-ethyl adjacent to an activating group) is 1. The molecule has 1 atom stereocenters. The van der Waals surface area contributed by atoms with Crippen LogP contribution in [0.3, 0.4) is 0 Å². The first-order valence-electron chi connectivity index (χ1n) is 11.4. The normalized spacial score (nSPS) is 12.0. The Morgan fingerprint density at radius 2 is 1.62 bits per heavy atom. The lowest BCUT2D eigenvalue weighted by molar-refractivity contribution is -0.139. The third-order valence-corrected chi connectivity index (χ3v) is 8.11. The highest BCUT2D eigenvalue weighted by atomic mass is 35.5. The summed E-state index contributed by atoms with van der Waals surface area (Å²) in [5.74, 6) is -1.61. The van der Waals surface area contributed by atoms with Crippen molar-refractivity contribution in [2.24, 2.45) is 0 Å². The van der Waals surface area contributed by atoms with E-state index in [1.165, 1.54) is 29.2 Å². The van der Waals surface area contributed by atoms with Crippen LogP contribution in [-0.2, 0) is 26.2 Å². The minimum atomic E-state index is -4.21. The summed E-state index contributed by atoms with van der Waals surface area (Å²) < 4.78 is 41.7. The van der Waals surface area contributed by atoms with Crippen molar-refractivity contribution in [3.63, 3.8) is 0 Å². The van der Waals surface area contributed by atoms with Crippen molar-refractivity contribution in [1.29, 1.82) is 0 Å². The summed E-state index contributed by atoms with van der Waals surface area (Å²) in [6.07, 6.45) is 0. The molecule has 0 fully saturated rings. The van der Waals surface area contributed by atoms with Gasteiger partial charge in [0.15, 0.2) is 0 Å². The fourth-order valence-corrected chi connectivity index (χ4v) is 5.35. The molecule has 3 aromatic rings. The minimum absolute atomic E-state index is 0.0311. The van der Waals surface area contributed by atoms with Crippen molar-refractivity contribution in [3.8, 4) is 0 Å². The number of hydrogen-bond donors (Lipinski definition) is 1. The van der Waals surface area contributed by atoms with Gasteiger partial charge in [-0.1, -0.05) is 47.5 Å². The van der Waals surface area contributed by atoms with Gasteiger partial charge in [0.25, 0.3) is 10.0 Å². The van der Waals surface area contributed by atoms with Crippen LogP contribution in [0.2, 0.25) is 10.0 Å². The predicted molar refractivity (Wildman–Crippen MR) is 143 cm³/mol. The van der Waals surface area contributed by atoms with E-state index in [1.54, 1.807) is 50.2 Å². The molecule has 37 heavy (non-hydrogen) atoms. The van der Waals surface area contributed by atoms with Crippen molar-refractivity contribution in [3.05, 3.63) is 94.2 Å². The second kappa shape index (κ2) is 12.4. The van der Waals surface area contributed by atoms with E-state index in [9.17, 15) is 22.4 Å². The SMILES string of the molecule is CCNC(=O)[C@@H](C)N(Cc1ccc(Cl)c(Cl)c1)C(=O)CN(c1ccc(F)cc1)S(=O)(=O)c1ccccc1. The van der Waals surface area contributed by atoms with Crippen LogP contribution in [0.25, 0.3) is 0 Å². The number of carbonyl (C=O) groups excluding carboxylic acids is 2. The lowest BCUT2D eigenvalue weighted by Gasteiger charge is -2.32. The summed E-state index contributed by atoms with van der Waals surface area (Å²) in [6.45, 7) is 2.99. The van der Waals surface area contributed by atoms with Crippen LogP contribution in [0.4, 0.5) is 10.1 Å². The molecule has 196 valence electrons. The average Bonchev–Trinajstić information content (AvgIpc) is 2.88. The van der Waals surface area contributed by atoms with Gasteiger partial charge in [-0.2, -0.15) is 0 Å². The maximum absolute atomic E-state index is 13.7. The lowest BCUT2D eigenvalue weighted by atomic mass is 10.1. The molecular formula is C26H26Cl2FN3O4S. The van der Waals surface area contributed by atoms with Crippen LogP contribution < -0.4 is 9.62 Å². The van der Waals surface area contributed by atoms with E-state index in [4.69, 9.17) is 23.2 Å². The molecule has 0 heterocycles. The number of sulfonamides is 1. The van der Waals surface area contributed by atoms with Gasteiger partial charge in [0.1, 0.15) is 18.4 Å². The van der Waals surface area contributed by atoms with Crippen molar-refractivity contribution >= 4 is 50.7 Å². The molecule has 0 spiro atoms. The van der Waals surface area contributed by atoms with E-state index in [2.05, 4.69) is 5.32 Å². The molecule has 3 aromatic carbocycles. The van der Waals surface area contributed by atoms with Gasteiger partial charge in [-0.15, -0.1) is 0 Å². The number of amides is 2. The van der Waals surface area contributed by atoms with Gasteiger partial charge in [-0.3, -0.25) is 13.9 Å². The van der Waals surface area contributed by atoms with E-state index in [0.29, 0.717) is 17.1 Å². The summed E-state index contributed by atoms with van der Waals surface area (Å²) in [7, 11) is -4.21. The van der Waals surface area contributed by atoms with E-state index in [0.717, 1.165) is 16.4 Å². The number of nitrogens with zero attached hydrogens (tertiary/aromatic N) is 2. The topological polar surface area (TPSA) is 86.8 Å². The van der Waals surface area contributed by atoms with Gasteiger partial charge in [0.05, 0.1) is 20.6 Å². The van der Waals surface area contributed by atoms with Crippen molar-refractivity contribution in [2.75, 3.05) is 17.4 Å². The highest BCUT2D eigenvalue weighted by Gasteiger charge is 2.32. The monoisotopic (exact) mass is 565 g/mol. The van der Waals surface area contributed by atoms with Crippen LogP contribution in [0.1, 0.15) is 19.4 Å². The Kier molecular flexibility index (Phi) is 9.53. The Labute approximate surface area is 225 Å². The van der Waals surface area contributed by atoms with Crippen LogP contribution in [0, 0.1) is 5.82 Å². The maximum atomic E-state index is 13.7. The van der Waals surface area contributed by atoms with Gasteiger partial charge < -0.3 is 10.2 Å². The number of halogens is 3. The molecule has 3 rings (SSSR count). The third-order valence-electron chi connectivity index (χ3n) is 5.58. The first-order valence-corrected chi connectivity index (χ1v) is 13.6. The van der Waals surface area contributed by atoms with Crippen LogP contribution in [0.5, 0.6) is 0 Å². The van der Waals surface area contributed by atoms with E-state index >= 15 is 0 Å². The van der Waals surface area contributed by atoms with Gasteiger partial charge in [0, 0.05) is 13.1 Å². The van der Waals surface area contributed by atoms with E-state index in [-0.39, 0.29) is 22.2 Å². The molecular weight excluding hydrogens is 540 g/mol. The fraction of sp³-hybridized carbons (Fsp3) is 0.231. The molecule has 0 radical (unpaired) electrons. The molecule has 1 N–H and O–H groups in total. The Morgan fingerprint density at radius 3 is 2.22 bits per heavy atom. The number of carbonyl (C=O) groups is 2. The fourth-order valence-electron chi connectivity index (χ4n) is 3.60. The quantitative estimate of drug-likeness (QED) is 0.379. The average molecular weight is 566 g/mol. The molecule has 0 aliphatic heterocycles. The summed E-state index contributed by atoms with van der Waals surface area (Å²) in [6, 6.07) is 16.2. The zero-order valence-corrected chi connectivity index (χ0v) is 22.5. The van der Waals surface area contributed by atoms with E-state index < -0.39 is 40.2 Å². The molecule has 2 amide bonds. The highest BCUT2D eigenvalue weighted by molar-refractivity contribution is 7.92. The molecule has 0 aromatic heterocycles. The van der Waals surface area contributed by atoms with Gasteiger partial charge in [-0.05, 0) is 67.9 Å². The third kappa shape index (κ3) is 7.00. The standard InChI is InChI=1S/C26H26Cl2FN3O4S/c1-3-30-26(34)18(2)31(16-19-9-14-23(27)24(28)15-19)25(33)17-32(21-12-10-20(29)11-13-21)37(35,36)22-7-5-4-6-8-22/h4-15,18H,3,16-17H2,1-2H3,(H,30,34)/t18-/m1/s1. The van der Waals surface area contributed by atoms with Crippen molar-refractivity contribution in [2.45, 2.75) is 31.3 Å². The Balaban J connectivity index is 2.02. The number of benzene rings is 3. The molecule has 0 aliphatic rings. The number of hydrogen-bond acceptors (Lipinski definition) is 4. The molecule has 0 aliphatic carbocycles. The first kappa shape index (κ1) is 28.4. The molecule has 0 saturated carbocycles. The summed E-state index contributed by atoms with van der Waals surface area (Å²) in [5.41, 5.74) is 0.692. The van der Waals surface area contributed by atoms with Gasteiger partial charge >= 0.3 is 0 Å². The van der Waals surface area contributed by atoms with Crippen LogP contribution >= 0.6 is 23.2 Å². The predicted octanol–water partition coefficient (Wildman–Crippen LogP) is 4.88. The lowest BCUT2D eigenvalue weighted by Crippen LogP contribution is -2.51. The summed E-state index contributed by atoms with van der Waals surface area (Å²) in [5, 5.41) is 3.29. The number of nitrogens with one attached hydrogen (secondary N) is 1. The maximum Gasteiger partial charge on any atom is 0.264 e. The van der Waals surface area contributed by atoms with E-state index in [1.807, 2.05) is 0 Å². The van der Waals surface area contributed by atoms with Crippen molar-refractivity contribution < 1.29 is 22.4 Å². The Hall–Kier alpha value is -3.14. The Morgan fingerprint density at radius 1 is 0.973 bits per heavy atom. The van der Waals surface area contributed by atoms with Crippen LogP contribution in [-0.4, -0.2) is 44.3 Å². The summed E-state index contributed by atoms with van der Waals surface area (Å²) in [4.78, 5) is 27.6. The molecule has 0 saturated heterocycles. The zero-order chi connectivity index (χ0) is 27.2. The molecule has 0 unspecified atom stereocenters. The minimum Gasteiger partial charge on any atom is -0.355 e. The largest absolute Gasteiger partial charge is 0.355 e. The summed E-state index contributed by atoms with van der Waals surface area (Å²) >= 11 is 12.2. The second-order valence-electron chi connectivity index (χ2n) is 8.14. The Bertz CT molecular complexity index is 1360. The molecule has 11 heteroatoms. The van der Waals surface area contributed by atoms with Crippen molar-refractivity contribution in [1.82, 2.24) is 10.2 Å².